The molecule has 0 fully saturated rings. The van der Waals surface area contributed by atoms with Gasteiger partial charge in [-0.3, -0.25) is 0 Å². The molecule has 0 bridgehead atoms. The summed E-state index contributed by atoms with van der Waals surface area (Å²) in [5.41, 5.74) is 0.273. The monoisotopic (exact) mass is 230 g/mol. The number of hydrogen-bond donors (Lipinski definition) is 2. The first-order valence-electron chi connectivity index (χ1n) is 5.53. The Bertz CT molecular complexity index is 237. The van der Waals surface area contributed by atoms with Crippen LogP contribution in [0.4, 0.5) is 0 Å². The van der Waals surface area contributed by atoms with Crippen LogP contribution in [-0.4, -0.2) is 29.1 Å². The first kappa shape index (κ1) is 15.1. The number of esters is 1. The van der Waals surface area contributed by atoms with Gasteiger partial charge in [0.2, 0.25) is 6.29 Å². The largest absolute Gasteiger partial charge is 0.432 e. The number of carbonyl (C=O) groups is 1. The second kappa shape index (κ2) is 7.41. The predicted molar refractivity (Wildman–Crippen MR) is 61.6 cm³/mol. The van der Waals surface area contributed by atoms with Crippen LogP contribution in [0.15, 0.2) is 12.2 Å². The lowest BCUT2D eigenvalue weighted by Gasteiger charge is -2.20. The van der Waals surface area contributed by atoms with E-state index in [-0.39, 0.29) is 24.0 Å². The molecule has 0 aromatic rings. The second-order valence-corrected chi connectivity index (χ2v) is 4.42. The van der Waals surface area contributed by atoms with E-state index in [1.807, 2.05) is 6.92 Å². The summed E-state index contributed by atoms with van der Waals surface area (Å²) in [7, 11) is 0. The van der Waals surface area contributed by atoms with Crippen molar-refractivity contribution >= 4 is 5.97 Å². The minimum Gasteiger partial charge on any atom is -0.432 e. The standard InChI is InChI=1S/C12H22O4/c1-8(2)11(14)16-12(15)10(4)6-5-9(3)7-13/h9-10,12-13,15H,1,5-7H2,2-4H3. The molecule has 0 heterocycles. The highest BCUT2D eigenvalue weighted by atomic mass is 16.6. The number of aliphatic hydroxyl groups excluding tert-OH is 2. The summed E-state index contributed by atoms with van der Waals surface area (Å²) < 4.78 is 4.79. The van der Waals surface area contributed by atoms with Crippen LogP contribution < -0.4 is 0 Å². The Morgan fingerprint density at radius 2 is 1.94 bits per heavy atom. The van der Waals surface area contributed by atoms with Crippen LogP contribution >= 0.6 is 0 Å². The molecule has 4 heteroatoms. The van der Waals surface area contributed by atoms with Gasteiger partial charge in [-0.2, -0.15) is 0 Å². The fraction of sp³-hybridized carbons (Fsp3) is 0.750. The average Bonchev–Trinajstić information content (AvgIpc) is 2.24. The number of aliphatic hydroxyl groups is 2. The van der Waals surface area contributed by atoms with Crippen LogP contribution in [0.2, 0.25) is 0 Å². The van der Waals surface area contributed by atoms with Gasteiger partial charge < -0.3 is 14.9 Å². The summed E-state index contributed by atoms with van der Waals surface area (Å²) in [5, 5.41) is 18.4. The van der Waals surface area contributed by atoms with E-state index in [2.05, 4.69) is 6.58 Å². The molecule has 0 aliphatic heterocycles. The smallest absolute Gasteiger partial charge is 0.335 e. The van der Waals surface area contributed by atoms with Gasteiger partial charge in [0.1, 0.15) is 0 Å². The topological polar surface area (TPSA) is 66.8 Å². The Morgan fingerprint density at radius 3 is 2.38 bits per heavy atom. The van der Waals surface area contributed by atoms with Crippen LogP contribution in [0, 0.1) is 11.8 Å². The minimum atomic E-state index is -1.10. The highest BCUT2D eigenvalue weighted by Crippen LogP contribution is 2.16. The van der Waals surface area contributed by atoms with Gasteiger partial charge in [-0.25, -0.2) is 4.79 Å². The van der Waals surface area contributed by atoms with Gasteiger partial charge in [-0.15, -0.1) is 0 Å². The minimum absolute atomic E-state index is 0.133. The third-order valence-corrected chi connectivity index (χ3v) is 2.49. The van der Waals surface area contributed by atoms with Crippen LogP contribution in [0.5, 0.6) is 0 Å². The summed E-state index contributed by atoms with van der Waals surface area (Å²) >= 11 is 0. The van der Waals surface area contributed by atoms with Crippen molar-refractivity contribution < 1.29 is 19.7 Å². The SMILES string of the molecule is C=C(C)C(=O)OC(O)C(C)CCC(C)CO. The molecule has 0 rings (SSSR count). The maximum Gasteiger partial charge on any atom is 0.335 e. The molecular formula is C12H22O4. The molecular weight excluding hydrogens is 208 g/mol. The van der Waals surface area contributed by atoms with Crippen molar-refractivity contribution in [2.75, 3.05) is 6.61 Å². The fourth-order valence-electron chi connectivity index (χ4n) is 1.11. The normalized spacial score (nSPS) is 16.3. The van der Waals surface area contributed by atoms with Gasteiger partial charge in [0.05, 0.1) is 0 Å². The first-order valence-corrected chi connectivity index (χ1v) is 5.53. The van der Waals surface area contributed by atoms with Crippen LogP contribution in [-0.2, 0) is 9.53 Å². The summed E-state index contributed by atoms with van der Waals surface area (Å²) in [6.45, 7) is 8.84. The van der Waals surface area contributed by atoms with E-state index in [0.29, 0.717) is 6.42 Å². The van der Waals surface area contributed by atoms with Gasteiger partial charge >= 0.3 is 5.97 Å². The van der Waals surface area contributed by atoms with E-state index < -0.39 is 12.3 Å². The van der Waals surface area contributed by atoms with Crippen molar-refractivity contribution in [3.8, 4) is 0 Å². The highest BCUT2D eigenvalue weighted by molar-refractivity contribution is 5.86. The molecule has 2 N–H and O–H groups in total. The van der Waals surface area contributed by atoms with Crippen LogP contribution in [0.1, 0.15) is 33.6 Å². The summed E-state index contributed by atoms with van der Waals surface area (Å²) in [5.74, 6) is -0.515. The molecule has 0 aliphatic rings. The van der Waals surface area contributed by atoms with Gasteiger partial charge in [-0.1, -0.05) is 20.4 Å². The summed E-state index contributed by atoms with van der Waals surface area (Å²) in [6.07, 6.45) is 0.390. The molecule has 16 heavy (non-hydrogen) atoms. The Labute approximate surface area is 96.9 Å². The molecule has 3 atom stereocenters. The van der Waals surface area contributed by atoms with Gasteiger partial charge in [0.25, 0.3) is 0 Å². The fourth-order valence-corrected chi connectivity index (χ4v) is 1.11. The Morgan fingerprint density at radius 1 is 1.38 bits per heavy atom. The number of rotatable bonds is 7. The van der Waals surface area contributed by atoms with E-state index >= 15 is 0 Å². The van der Waals surface area contributed by atoms with Gasteiger partial charge in [0, 0.05) is 18.1 Å². The third kappa shape index (κ3) is 5.88. The second-order valence-electron chi connectivity index (χ2n) is 4.42. The van der Waals surface area contributed by atoms with Crippen molar-refractivity contribution in [3.05, 3.63) is 12.2 Å². The third-order valence-electron chi connectivity index (χ3n) is 2.49. The first-order chi connectivity index (χ1) is 7.38. The molecule has 0 aromatic heterocycles. The molecule has 94 valence electrons. The molecule has 3 unspecified atom stereocenters. The highest BCUT2D eigenvalue weighted by Gasteiger charge is 2.19. The zero-order valence-corrected chi connectivity index (χ0v) is 10.3. The lowest BCUT2D eigenvalue weighted by atomic mass is 9.98. The zero-order chi connectivity index (χ0) is 12.7. The van der Waals surface area contributed by atoms with Crippen molar-refractivity contribution in [3.63, 3.8) is 0 Å². The maximum atomic E-state index is 11.1. The zero-order valence-electron chi connectivity index (χ0n) is 10.3. The van der Waals surface area contributed by atoms with Crippen molar-refractivity contribution in [1.29, 1.82) is 0 Å². The van der Waals surface area contributed by atoms with E-state index in [0.717, 1.165) is 6.42 Å². The summed E-state index contributed by atoms with van der Waals surface area (Å²) in [6, 6.07) is 0. The molecule has 0 radical (unpaired) electrons. The number of ether oxygens (including phenoxy) is 1. The van der Waals surface area contributed by atoms with Crippen molar-refractivity contribution in [2.45, 2.75) is 39.9 Å². The molecule has 0 spiro atoms. The lowest BCUT2D eigenvalue weighted by Crippen LogP contribution is -2.25. The quantitative estimate of drug-likeness (QED) is 0.395. The van der Waals surface area contributed by atoms with E-state index in [1.165, 1.54) is 6.92 Å². The molecule has 0 saturated carbocycles. The Balaban J connectivity index is 3.94. The molecule has 0 aromatic carbocycles. The van der Waals surface area contributed by atoms with E-state index in [4.69, 9.17) is 9.84 Å². The molecule has 0 saturated heterocycles. The predicted octanol–water partition coefficient (Wildman–Crippen LogP) is 1.47. The Hall–Kier alpha value is -0.870. The number of carbonyl (C=O) groups excluding carboxylic acids is 1. The Kier molecular flexibility index (Phi) is 7.01. The number of hydrogen-bond acceptors (Lipinski definition) is 4. The van der Waals surface area contributed by atoms with Crippen molar-refractivity contribution in [2.24, 2.45) is 11.8 Å². The summed E-state index contributed by atoms with van der Waals surface area (Å²) in [4.78, 5) is 11.1. The maximum absolute atomic E-state index is 11.1. The van der Waals surface area contributed by atoms with Crippen LogP contribution in [0.3, 0.4) is 0 Å². The molecule has 0 amide bonds. The van der Waals surface area contributed by atoms with E-state index in [9.17, 15) is 9.90 Å². The van der Waals surface area contributed by atoms with Gasteiger partial charge in [-0.05, 0) is 25.7 Å². The molecule has 4 nitrogen and oxygen atoms in total. The van der Waals surface area contributed by atoms with Gasteiger partial charge in [0.15, 0.2) is 0 Å². The van der Waals surface area contributed by atoms with Crippen LogP contribution in [0.25, 0.3) is 0 Å². The van der Waals surface area contributed by atoms with E-state index in [1.54, 1.807) is 6.92 Å². The molecule has 0 aliphatic carbocycles. The average molecular weight is 230 g/mol. The lowest BCUT2D eigenvalue weighted by molar-refractivity contribution is -0.171. The van der Waals surface area contributed by atoms with Crippen molar-refractivity contribution in [1.82, 2.24) is 0 Å².